The van der Waals surface area contributed by atoms with Gasteiger partial charge in [0.15, 0.2) is 5.16 Å². The van der Waals surface area contributed by atoms with Crippen LogP contribution in [0, 0.1) is 0 Å². The van der Waals surface area contributed by atoms with Gasteiger partial charge >= 0.3 is 0 Å². The van der Waals surface area contributed by atoms with Crippen molar-refractivity contribution in [3.63, 3.8) is 0 Å². The minimum Gasteiger partial charge on any atom is -0.310 e. The zero-order valence-electron chi connectivity index (χ0n) is 15.7. The molecule has 0 radical (unpaired) electrons. The molecule has 10 heteroatoms. The lowest BCUT2D eigenvalue weighted by Crippen LogP contribution is -2.23. The molecular formula is C21H13Cl3N4O2S. The minimum absolute atomic E-state index is 0.0103. The Labute approximate surface area is 196 Å². The summed E-state index contributed by atoms with van der Waals surface area (Å²) in [6, 6.07) is 14.9. The first-order valence-electron chi connectivity index (χ1n) is 8.93. The van der Waals surface area contributed by atoms with E-state index in [-0.39, 0.29) is 17.2 Å². The molecule has 0 unspecified atom stereocenters. The van der Waals surface area contributed by atoms with Crippen molar-refractivity contribution < 1.29 is 4.79 Å². The largest absolute Gasteiger partial charge is 0.310 e. The number of anilines is 1. The van der Waals surface area contributed by atoms with Crippen molar-refractivity contribution in [2.75, 3.05) is 11.1 Å². The summed E-state index contributed by atoms with van der Waals surface area (Å²) in [4.78, 5) is 34.3. The number of fused-ring (bicyclic) bond motifs is 1. The molecule has 0 aliphatic heterocycles. The number of aromatic nitrogens is 3. The molecule has 0 saturated carbocycles. The van der Waals surface area contributed by atoms with Gasteiger partial charge in [-0.25, -0.2) is 9.97 Å². The number of pyridine rings is 1. The Hall–Kier alpha value is -2.58. The summed E-state index contributed by atoms with van der Waals surface area (Å²) in [5, 5.41) is 4.93. The number of carbonyl (C=O) groups excluding carboxylic acids is 1. The normalized spacial score (nSPS) is 10.9. The maximum atomic E-state index is 13.2. The molecule has 1 N–H and O–H groups in total. The van der Waals surface area contributed by atoms with E-state index in [1.54, 1.807) is 54.6 Å². The average molecular weight is 492 g/mol. The Balaban J connectivity index is 1.68. The molecule has 2 aromatic carbocycles. The zero-order chi connectivity index (χ0) is 22.0. The molecule has 0 aliphatic rings. The number of carbonyl (C=O) groups is 1. The lowest BCUT2D eigenvalue weighted by Gasteiger charge is -2.13. The van der Waals surface area contributed by atoms with Crippen LogP contribution in [0.15, 0.2) is 70.7 Å². The molecule has 6 nitrogen and oxygen atoms in total. The van der Waals surface area contributed by atoms with Gasteiger partial charge in [-0.05, 0) is 54.6 Å². The van der Waals surface area contributed by atoms with Gasteiger partial charge in [-0.2, -0.15) is 0 Å². The van der Waals surface area contributed by atoms with E-state index >= 15 is 0 Å². The van der Waals surface area contributed by atoms with E-state index in [1.807, 2.05) is 0 Å². The van der Waals surface area contributed by atoms with Crippen LogP contribution >= 0.6 is 46.6 Å². The summed E-state index contributed by atoms with van der Waals surface area (Å²) in [5.74, 6) is 0.0856. The fourth-order valence-electron chi connectivity index (χ4n) is 2.81. The number of nitrogens with one attached hydrogen (secondary N) is 1. The fourth-order valence-corrected chi connectivity index (χ4v) is 4.03. The van der Waals surface area contributed by atoms with Crippen LogP contribution in [0.2, 0.25) is 15.1 Å². The van der Waals surface area contributed by atoms with Crippen molar-refractivity contribution in [2.24, 2.45) is 0 Å². The van der Waals surface area contributed by atoms with E-state index in [2.05, 4.69) is 15.3 Å². The quantitative estimate of drug-likeness (QED) is 0.296. The van der Waals surface area contributed by atoms with E-state index in [1.165, 1.54) is 10.8 Å². The summed E-state index contributed by atoms with van der Waals surface area (Å²) < 4.78 is 1.45. The molecule has 156 valence electrons. The highest BCUT2D eigenvalue weighted by Crippen LogP contribution is 2.24. The van der Waals surface area contributed by atoms with Gasteiger partial charge in [-0.15, -0.1) is 0 Å². The SMILES string of the molecule is O=C(CSc1nc2cc(Cl)ccc2c(=O)n1-c1ccc(Cl)cc1)Nc1ccc(Cl)cn1. The van der Waals surface area contributed by atoms with Gasteiger partial charge in [0.1, 0.15) is 5.82 Å². The topological polar surface area (TPSA) is 76.9 Å². The zero-order valence-corrected chi connectivity index (χ0v) is 18.8. The lowest BCUT2D eigenvalue weighted by molar-refractivity contribution is -0.113. The van der Waals surface area contributed by atoms with E-state index in [0.717, 1.165) is 11.8 Å². The van der Waals surface area contributed by atoms with Crippen molar-refractivity contribution in [2.45, 2.75) is 5.16 Å². The van der Waals surface area contributed by atoms with Gasteiger partial charge in [0, 0.05) is 16.2 Å². The molecule has 4 rings (SSSR count). The molecule has 2 aromatic heterocycles. The second kappa shape index (κ2) is 9.28. The summed E-state index contributed by atoms with van der Waals surface area (Å²) in [5.41, 5.74) is 0.761. The molecule has 1 amide bonds. The second-order valence-electron chi connectivity index (χ2n) is 6.37. The molecular weight excluding hydrogens is 479 g/mol. The molecule has 2 heterocycles. The van der Waals surface area contributed by atoms with Crippen LogP contribution in [-0.4, -0.2) is 26.2 Å². The Morgan fingerprint density at radius 2 is 1.68 bits per heavy atom. The maximum absolute atomic E-state index is 13.2. The number of thioether (sulfide) groups is 1. The molecule has 0 bridgehead atoms. The summed E-state index contributed by atoms with van der Waals surface area (Å²) in [6.07, 6.45) is 1.44. The van der Waals surface area contributed by atoms with Crippen molar-refractivity contribution >= 4 is 69.2 Å². The predicted molar refractivity (Wildman–Crippen MR) is 126 cm³/mol. The Kier molecular flexibility index (Phi) is 6.48. The molecule has 0 fully saturated rings. The van der Waals surface area contributed by atoms with Crippen molar-refractivity contribution in [1.29, 1.82) is 0 Å². The summed E-state index contributed by atoms with van der Waals surface area (Å²) >= 11 is 19.0. The number of rotatable bonds is 5. The molecule has 0 aliphatic carbocycles. The highest BCUT2D eigenvalue weighted by Gasteiger charge is 2.15. The number of hydrogen-bond donors (Lipinski definition) is 1. The van der Waals surface area contributed by atoms with Crippen molar-refractivity contribution in [3.8, 4) is 5.69 Å². The van der Waals surface area contributed by atoms with Crippen LogP contribution < -0.4 is 10.9 Å². The third-order valence-corrected chi connectivity index (χ3v) is 5.86. The van der Waals surface area contributed by atoms with Crippen LogP contribution in [0.1, 0.15) is 0 Å². The Morgan fingerprint density at radius 1 is 0.968 bits per heavy atom. The summed E-state index contributed by atoms with van der Waals surface area (Å²) in [7, 11) is 0. The number of benzene rings is 2. The van der Waals surface area contributed by atoms with E-state index in [0.29, 0.717) is 42.6 Å². The third kappa shape index (κ3) is 5.02. The Bertz CT molecular complexity index is 1330. The first-order valence-corrected chi connectivity index (χ1v) is 11.0. The Morgan fingerprint density at radius 3 is 2.39 bits per heavy atom. The van der Waals surface area contributed by atoms with Crippen molar-refractivity contribution in [1.82, 2.24) is 14.5 Å². The average Bonchev–Trinajstić information content (AvgIpc) is 2.75. The van der Waals surface area contributed by atoms with Gasteiger partial charge in [0.2, 0.25) is 5.91 Å². The fraction of sp³-hybridized carbons (Fsp3) is 0.0476. The molecule has 0 spiro atoms. The lowest BCUT2D eigenvalue weighted by atomic mass is 10.2. The third-order valence-electron chi connectivity index (χ3n) is 4.21. The summed E-state index contributed by atoms with van der Waals surface area (Å²) in [6.45, 7) is 0. The van der Waals surface area contributed by atoms with Crippen LogP contribution in [0.25, 0.3) is 16.6 Å². The van der Waals surface area contributed by atoms with Gasteiger partial charge < -0.3 is 5.32 Å². The van der Waals surface area contributed by atoms with Gasteiger partial charge in [0.25, 0.3) is 5.56 Å². The molecule has 0 saturated heterocycles. The van der Waals surface area contributed by atoms with Gasteiger partial charge in [-0.3, -0.25) is 14.2 Å². The van der Waals surface area contributed by atoms with Crippen molar-refractivity contribution in [3.05, 3.63) is 86.2 Å². The molecule has 0 atom stereocenters. The molecule has 31 heavy (non-hydrogen) atoms. The van der Waals surface area contributed by atoms with Gasteiger partial charge in [0.05, 0.1) is 27.4 Å². The minimum atomic E-state index is -0.303. The van der Waals surface area contributed by atoms with E-state index < -0.39 is 0 Å². The second-order valence-corrected chi connectivity index (χ2v) is 8.62. The monoisotopic (exact) mass is 490 g/mol. The van der Waals surface area contributed by atoms with Crippen LogP contribution in [0.5, 0.6) is 0 Å². The first kappa shape index (κ1) is 21.6. The molecule has 4 aromatic rings. The van der Waals surface area contributed by atoms with Crippen LogP contribution in [0.3, 0.4) is 0 Å². The number of nitrogens with zero attached hydrogens (tertiary/aromatic N) is 3. The first-order chi connectivity index (χ1) is 14.9. The van der Waals surface area contributed by atoms with E-state index in [4.69, 9.17) is 34.8 Å². The number of hydrogen-bond acceptors (Lipinski definition) is 5. The highest BCUT2D eigenvalue weighted by molar-refractivity contribution is 7.99. The highest BCUT2D eigenvalue weighted by atomic mass is 35.5. The predicted octanol–water partition coefficient (Wildman–Crippen LogP) is 5.47. The van der Waals surface area contributed by atoms with Gasteiger partial charge in [-0.1, -0.05) is 46.6 Å². The van der Waals surface area contributed by atoms with Crippen LogP contribution in [0.4, 0.5) is 5.82 Å². The smallest absolute Gasteiger partial charge is 0.266 e. The maximum Gasteiger partial charge on any atom is 0.266 e. The van der Waals surface area contributed by atoms with E-state index in [9.17, 15) is 9.59 Å². The number of halogens is 3. The standard InChI is InChI=1S/C21H13Cl3N4O2S/c22-12-1-5-15(6-2-12)28-20(30)16-7-3-13(23)9-17(16)26-21(28)31-11-19(29)27-18-8-4-14(24)10-25-18/h1-10H,11H2,(H,25,27,29). The van der Waals surface area contributed by atoms with Crippen LogP contribution in [-0.2, 0) is 4.79 Å². The number of amides is 1.